The minimum Gasteiger partial charge on any atom is -0.381 e. The molecule has 9 heteroatoms. The Morgan fingerprint density at radius 1 is 1.21 bits per heavy atom. The molecule has 3 fully saturated rings. The second-order valence-electron chi connectivity index (χ2n) is 10.2. The normalized spacial score (nSPS) is 32.3. The number of amides is 2. The van der Waals surface area contributed by atoms with Gasteiger partial charge in [-0.3, -0.25) is 9.59 Å². The second-order valence-corrected chi connectivity index (χ2v) is 10.2. The number of nitrogens with two attached hydrogens (primary N) is 1. The lowest BCUT2D eigenvalue weighted by Gasteiger charge is -2.34. The van der Waals surface area contributed by atoms with Crippen molar-refractivity contribution in [3.05, 3.63) is 34.4 Å². The Morgan fingerprint density at radius 2 is 1.94 bits per heavy atom. The molecule has 4 atom stereocenters. The lowest BCUT2D eigenvalue weighted by Crippen LogP contribution is -2.42. The number of halogens is 3. The van der Waals surface area contributed by atoms with Crippen molar-refractivity contribution in [2.75, 3.05) is 13.2 Å². The third-order valence-electron chi connectivity index (χ3n) is 8.47. The van der Waals surface area contributed by atoms with Gasteiger partial charge in [0, 0.05) is 43.4 Å². The molecule has 1 aliphatic carbocycles. The summed E-state index contributed by atoms with van der Waals surface area (Å²) >= 11 is 0. The summed E-state index contributed by atoms with van der Waals surface area (Å²) in [6.07, 6.45) is 0.124. The van der Waals surface area contributed by atoms with Gasteiger partial charge in [-0.05, 0) is 67.7 Å². The summed E-state index contributed by atoms with van der Waals surface area (Å²) in [6.45, 7) is 3.67. The van der Waals surface area contributed by atoms with Crippen molar-refractivity contribution >= 4 is 11.8 Å². The molecule has 4 aliphatic rings. The summed E-state index contributed by atoms with van der Waals surface area (Å²) in [5.41, 5.74) is 4.92. The van der Waals surface area contributed by atoms with Gasteiger partial charge in [0.25, 0.3) is 0 Å². The maximum Gasteiger partial charge on any atom is 0.416 e. The van der Waals surface area contributed by atoms with E-state index in [1.165, 1.54) is 0 Å². The van der Waals surface area contributed by atoms with E-state index in [2.05, 4.69) is 12.2 Å². The molecule has 5 rings (SSSR count). The Morgan fingerprint density at radius 3 is 2.61 bits per heavy atom. The number of alkyl halides is 3. The van der Waals surface area contributed by atoms with Gasteiger partial charge >= 0.3 is 6.18 Å². The first-order chi connectivity index (χ1) is 15.6. The van der Waals surface area contributed by atoms with Crippen LogP contribution in [0.15, 0.2) is 12.1 Å². The van der Waals surface area contributed by atoms with Gasteiger partial charge in [0.15, 0.2) is 0 Å². The van der Waals surface area contributed by atoms with Gasteiger partial charge in [0.1, 0.15) is 0 Å². The molecule has 33 heavy (non-hydrogen) atoms. The van der Waals surface area contributed by atoms with Crippen LogP contribution in [0.2, 0.25) is 0 Å². The lowest BCUT2D eigenvalue weighted by molar-refractivity contribution is -0.137. The maximum absolute atomic E-state index is 13.7. The molecule has 1 spiro atoms. The van der Waals surface area contributed by atoms with Crippen LogP contribution in [0.1, 0.15) is 66.1 Å². The van der Waals surface area contributed by atoms with Crippen LogP contribution in [-0.4, -0.2) is 48.1 Å². The lowest BCUT2D eigenvalue weighted by atomic mass is 9.73. The zero-order valence-corrected chi connectivity index (χ0v) is 18.7. The first-order valence-electron chi connectivity index (χ1n) is 11.8. The van der Waals surface area contributed by atoms with Crippen molar-refractivity contribution in [2.45, 2.75) is 76.3 Å². The Hall–Kier alpha value is -2.13. The molecule has 1 saturated carbocycles. The number of primary amides is 1. The van der Waals surface area contributed by atoms with E-state index < -0.39 is 23.1 Å². The Kier molecular flexibility index (Phi) is 5.47. The number of hydrogen-bond donors (Lipinski definition) is 2. The number of carbonyl (C=O) groups excluding carboxylic acids is 2. The standard InChI is InChI=1S/C24H30F3N3O3/c1-13-20-10-18-14(8-15(24(25,26)27)9-19(18)21(28)31)12-30(20)22(32)23(13)5-2-17(11-23)29-16-3-6-33-7-4-16/h8-9,13,16-17,20,29H,2-7,10-12H2,1H3,(H2,28,31)/t13?,17-,20?,23+/m1/s1. The van der Waals surface area contributed by atoms with Gasteiger partial charge in [-0.2, -0.15) is 13.2 Å². The molecule has 3 heterocycles. The predicted octanol–water partition coefficient (Wildman–Crippen LogP) is 3.01. The third kappa shape index (κ3) is 3.73. The molecule has 0 bridgehead atoms. The number of nitrogens with one attached hydrogen (secondary N) is 1. The molecular weight excluding hydrogens is 435 g/mol. The molecule has 2 unspecified atom stereocenters. The summed E-state index contributed by atoms with van der Waals surface area (Å²) in [6, 6.07) is 2.45. The summed E-state index contributed by atoms with van der Waals surface area (Å²) in [7, 11) is 0. The van der Waals surface area contributed by atoms with Crippen LogP contribution in [0.3, 0.4) is 0 Å². The van der Waals surface area contributed by atoms with Crippen molar-refractivity contribution in [2.24, 2.45) is 17.1 Å². The van der Waals surface area contributed by atoms with Crippen LogP contribution in [0.4, 0.5) is 13.2 Å². The van der Waals surface area contributed by atoms with E-state index in [4.69, 9.17) is 10.5 Å². The monoisotopic (exact) mass is 465 g/mol. The van der Waals surface area contributed by atoms with Crippen molar-refractivity contribution in [1.82, 2.24) is 10.2 Å². The Bertz CT molecular complexity index is 976. The van der Waals surface area contributed by atoms with Crippen LogP contribution in [0, 0.1) is 11.3 Å². The van der Waals surface area contributed by atoms with Crippen LogP contribution in [0.5, 0.6) is 0 Å². The van der Waals surface area contributed by atoms with Gasteiger partial charge in [-0.1, -0.05) is 6.92 Å². The number of benzene rings is 1. The number of ether oxygens (including phenoxy) is 1. The fraction of sp³-hybridized carbons (Fsp3) is 0.667. The minimum atomic E-state index is -4.59. The van der Waals surface area contributed by atoms with Crippen molar-refractivity contribution < 1.29 is 27.5 Å². The van der Waals surface area contributed by atoms with E-state index in [-0.39, 0.29) is 36.0 Å². The SMILES string of the molecule is CC1C2Cc3c(cc(C(F)(F)F)cc3C(N)=O)CN2C(=O)[C@]12CC[C@@H](NC1CCOCC1)C2. The number of carbonyl (C=O) groups is 2. The largest absolute Gasteiger partial charge is 0.416 e. The van der Waals surface area contributed by atoms with Crippen LogP contribution >= 0.6 is 0 Å². The highest BCUT2D eigenvalue weighted by Crippen LogP contribution is 2.55. The molecule has 1 aromatic carbocycles. The van der Waals surface area contributed by atoms with Gasteiger partial charge < -0.3 is 20.7 Å². The molecule has 6 nitrogen and oxygen atoms in total. The van der Waals surface area contributed by atoms with Crippen molar-refractivity contribution in [3.63, 3.8) is 0 Å². The van der Waals surface area contributed by atoms with Crippen LogP contribution in [0.25, 0.3) is 0 Å². The molecule has 180 valence electrons. The van der Waals surface area contributed by atoms with Gasteiger partial charge in [-0.15, -0.1) is 0 Å². The molecule has 3 N–H and O–H groups in total. The van der Waals surface area contributed by atoms with E-state index in [1.54, 1.807) is 4.90 Å². The highest BCUT2D eigenvalue weighted by atomic mass is 19.4. The van der Waals surface area contributed by atoms with E-state index in [1.807, 2.05) is 0 Å². The number of hydrogen-bond acceptors (Lipinski definition) is 4. The zero-order chi connectivity index (χ0) is 23.5. The summed E-state index contributed by atoms with van der Waals surface area (Å²) < 4.78 is 45.7. The molecule has 2 amide bonds. The molecule has 3 aliphatic heterocycles. The molecule has 0 radical (unpaired) electrons. The van der Waals surface area contributed by atoms with Crippen LogP contribution < -0.4 is 11.1 Å². The fourth-order valence-corrected chi connectivity index (χ4v) is 6.66. The maximum atomic E-state index is 13.7. The van der Waals surface area contributed by atoms with E-state index in [0.29, 0.717) is 23.6 Å². The molecular formula is C24H30F3N3O3. The smallest absolute Gasteiger partial charge is 0.381 e. The number of rotatable bonds is 3. The number of fused-ring (bicyclic) bond motifs is 2. The summed E-state index contributed by atoms with van der Waals surface area (Å²) in [5.74, 6) is -0.776. The quantitative estimate of drug-likeness (QED) is 0.719. The van der Waals surface area contributed by atoms with Crippen molar-refractivity contribution in [1.29, 1.82) is 0 Å². The highest BCUT2D eigenvalue weighted by molar-refractivity contribution is 5.95. The Balaban J connectivity index is 1.41. The highest BCUT2D eigenvalue weighted by Gasteiger charge is 2.60. The first kappa shape index (κ1) is 22.7. The van der Waals surface area contributed by atoms with Gasteiger partial charge in [-0.25, -0.2) is 0 Å². The van der Waals surface area contributed by atoms with E-state index in [9.17, 15) is 22.8 Å². The van der Waals surface area contributed by atoms with E-state index >= 15 is 0 Å². The topological polar surface area (TPSA) is 84.7 Å². The average molecular weight is 466 g/mol. The second kappa shape index (κ2) is 7.98. The molecule has 0 aromatic heterocycles. The summed E-state index contributed by atoms with van der Waals surface area (Å²) in [5, 5.41) is 3.72. The number of nitrogens with zero attached hydrogens (tertiary/aromatic N) is 1. The summed E-state index contributed by atoms with van der Waals surface area (Å²) in [4.78, 5) is 27.5. The van der Waals surface area contributed by atoms with Gasteiger partial charge in [0.05, 0.1) is 11.0 Å². The fourth-order valence-electron chi connectivity index (χ4n) is 6.66. The van der Waals surface area contributed by atoms with E-state index in [0.717, 1.165) is 57.5 Å². The van der Waals surface area contributed by atoms with Gasteiger partial charge in [0.2, 0.25) is 11.8 Å². The third-order valence-corrected chi connectivity index (χ3v) is 8.47. The average Bonchev–Trinajstić information content (AvgIpc) is 3.28. The zero-order valence-electron chi connectivity index (χ0n) is 18.7. The van der Waals surface area contributed by atoms with Crippen LogP contribution in [-0.2, 0) is 28.7 Å². The first-order valence-corrected chi connectivity index (χ1v) is 11.8. The minimum absolute atomic E-state index is 0.0416. The molecule has 2 saturated heterocycles. The van der Waals surface area contributed by atoms with Crippen molar-refractivity contribution in [3.8, 4) is 0 Å². The predicted molar refractivity (Wildman–Crippen MR) is 114 cm³/mol. The molecule has 1 aromatic rings. The Labute approximate surface area is 191 Å².